The first-order valence-electron chi connectivity index (χ1n) is 8.26. The third-order valence-electron chi connectivity index (χ3n) is 4.04. The average molecular weight is 353 g/mol. The van der Waals surface area contributed by atoms with E-state index in [2.05, 4.69) is 20.6 Å². The second kappa shape index (κ2) is 7.64. The molecule has 0 atom stereocenters. The van der Waals surface area contributed by atoms with Crippen LogP contribution in [0, 0.1) is 10.1 Å². The lowest BCUT2D eigenvalue weighted by Gasteiger charge is -2.09. The van der Waals surface area contributed by atoms with Crippen molar-refractivity contribution in [2.24, 2.45) is 0 Å². The summed E-state index contributed by atoms with van der Waals surface area (Å²) >= 11 is 0. The van der Waals surface area contributed by atoms with Crippen LogP contribution in [0.15, 0.2) is 42.5 Å². The molecule has 0 unspecified atom stereocenters. The van der Waals surface area contributed by atoms with Gasteiger partial charge in [0, 0.05) is 37.8 Å². The van der Waals surface area contributed by atoms with Crippen LogP contribution in [0.2, 0.25) is 0 Å². The molecule has 0 radical (unpaired) electrons. The third kappa shape index (κ3) is 3.80. The Bertz CT molecular complexity index is 918. The Morgan fingerprint density at radius 3 is 2.81 bits per heavy atom. The number of nitro benzene ring substituents is 1. The molecule has 0 saturated heterocycles. The van der Waals surface area contributed by atoms with Gasteiger partial charge in [-0.1, -0.05) is 12.1 Å². The van der Waals surface area contributed by atoms with Gasteiger partial charge in [-0.15, -0.1) is 0 Å². The SMILES string of the molecule is CNc1ccc([N+](=O)[O-])cc1C(=O)NCCCc1nc2ccccc2[nH]1. The highest BCUT2D eigenvalue weighted by Crippen LogP contribution is 2.21. The average Bonchev–Trinajstić information content (AvgIpc) is 3.07. The number of hydrogen-bond acceptors (Lipinski definition) is 5. The van der Waals surface area contributed by atoms with E-state index in [1.54, 1.807) is 7.05 Å². The Morgan fingerprint density at radius 2 is 2.08 bits per heavy atom. The summed E-state index contributed by atoms with van der Waals surface area (Å²) < 4.78 is 0. The van der Waals surface area contributed by atoms with E-state index in [4.69, 9.17) is 0 Å². The van der Waals surface area contributed by atoms with Crippen LogP contribution >= 0.6 is 0 Å². The van der Waals surface area contributed by atoms with Crippen molar-refractivity contribution in [3.05, 3.63) is 64.0 Å². The molecule has 26 heavy (non-hydrogen) atoms. The number of imidazole rings is 1. The van der Waals surface area contributed by atoms with Crippen LogP contribution in [0.5, 0.6) is 0 Å². The van der Waals surface area contributed by atoms with Gasteiger partial charge in [-0.25, -0.2) is 4.98 Å². The summed E-state index contributed by atoms with van der Waals surface area (Å²) in [6.07, 6.45) is 1.40. The highest BCUT2D eigenvalue weighted by atomic mass is 16.6. The molecule has 8 heteroatoms. The van der Waals surface area contributed by atoms with Gasteiger partial charge < -0.3 is 15.6 Å². The zero-order valence-corrected chi connectivity index (χ0v) is 14.3. The number of aryl methyl sites for hydroxylation is 1. The minimum Gasteiger partial charge on any atom is -0.387 e. The summed E-state index contributed by atoms with van der Waals surface area (Å²) in [5.41, 5.74) is 2.59. The zero-order chi connectivity index (χ0) is 18.5. The van der Waals surface area contributed by atoms with Gasteiger partial charge in [-0.05, 0) is 24.6 Å². The molecule has 3 aromatic rings. The molecular weight excluding hydrogens is 334 g/mol. The van der Waals surface area contributed by atoms with E-state index in [1.807, 2.05) is 24.3 Å². The number of aromatic nitrogens is 2. The molecule has 0 fully saturated rings. The summed E-state index contributed by atoms with van der Waals surface area (Å²) in [4.78, 5) is 30.5. The standard InChI is InChI=1S/C18H19N5O3/c1-19-14-9-8-12(23(25)26)11-13(14)18(24)20-10-4-7-17-21-15-5-2-3-6-16(15)22-17/h2-3,5-6,8-9,11,19H,4,7,10H2,1H3,(H,20,24)(H,21,22). The van der Waals surface area contributed by atoms with Crippen molar-refractivity contribution < 1.29 is 9.72 Å². The number of anilines is 1. The number of rotatable bonds is 7. The number of hydrogen-bond donors (Lipinski definition) is 3. The Morgan fingerprint density at radius 1 is 1.27 bits per heavy atom. The quantitative estimate of drug-likeness (QED) is 0.343. The molecular formula is C18H19N5O3. The maximum atomic E-state index is 12.4. The van der Waals surface area contributed by atoms with Gasteiger partial charge in [0.2, 0.25) is 0 Å². The Kier molecular flexibility index (Phi) is 5.12. The number of nitrogens with zero attached hydrogens (tertiary/aromatic N) is 2. The predicted molar refractivity (Wildman–Crippen MR) is 99.4 cm³/mol. The normalized spacial score (nSPS) is 10.7. The topological polar surface area (TPSA) is 113 Å². The smallest absolute Gasteiger partial charge is 0.270 e. The first-order chi connectivity index (χ1) is 12.6. The van der Waals surface area contributed by atoms with Crippen molar-refractivity contribution in [1.82, 2.24) is 15.3 Å². The number of amides is 1. The Hall–Kier alpha value is -3.42. The van der Waals surface area contributed by atoms with Gasteiger partial charge in [0.25, 0.3) is 11.6 Å². The van der Waals surface area contributed by atoms with Crippen molar-refractivity contribution in [2.75, 3.05) is 18.9 Å². The Labute approximate surface area is 149 Å². The molecule has 8 nitrogen and oxygen atoms in total. The lowest BCUT2D eigenvalue weighted by Crippen LogP contribution is -2.25. The number of aromatic amines is 1. The van der Waals surface area contributed by atoms with Crippen LogP contribution in [0.4, 0.5) is 11.4 Å². The molecule has 1 aromatic heterocycles. The first kappa shape index (κ1) is 17.4. The highest BCUT2D eigenvalue weighted by Gasteiger charge is 2.16. The number of carbonyl (C=O) groups is 1. The maximum absolute atomic E-state index is 12.4. The molecule has 1 amide bonds. The van der Waals surface area contributed by atoms with E-state index >= 15 is 0 Å². The van der Waals surface area contributed by atoms with Crippen LogP contribution in [0.25, 0.3) is 11.0 Å². The highest BCUT2D eigenvalue weighted by molar-refractivity contribution is 6.00. The van der Waals surface area contributed by atoms with Crippen LogP contribution in [-0.4, -0.2) is 34.4 Å². The molecule has 3 rings (SSSR count). The van der Waals surface area contributed by atoms with E-state index in [9.17, 15) is 14.9 Å². The van der Waals surface area contributed by atoms with E-state index in [1.165, 1.54) is 18.2 Å². The Balaban J connectivity index is 1.58. The second-order valence-corrected chi connectivity index (χ2v) is 5.80. The summed E-state index contributed by atoms with van der Waals surface area (Å²) in [5.74, 6) is 0.523. The molecule has 0 aliphatic rings. The van der Waals surface area contributed by atoms with Gasteiger partial charge in [-0.2, -0.15) is 0 Å². The number of H-pyrrole nitrogens is 1. The van der Waals surface area contributed by atoms with E-state index in [0.717, 1.165) is 16.9 Å². The lowest BCUT2D eigenvalue weighted by atomic mass is 10.1. The van der Waals surface area contributed by atoms with Crippen molar-refractivity contribution >= 4 is 28.3 Å². The molecule has 0 saturated carbocycles. The van der Waals surface area contributed by atoms with Gasteiger partial charge in [0.1, 0.15) is 5.82 Å². The number of carbonyl (C=O) groups excluding carboxylic acids is 1. The molecule has 2 aromatic carbocycles. The molecule has 0 bridgehead atoms. The number of para-hydroxylation sites is 2. The van der Waals surface area contributed by atoms with Crippen LogP contribution in [0.3, 0.4) is 0 Å². The number of benzene rings is 2. The van der Waals surface area contributed by atoms with Crippen LogP contribution < -0.4 is 10.6 Å². The fourth-order valence-corrected chi connectivity index (χ4v) is 2.73. The van der Waals surface area contributed by atoms with Gasteiger partial charge in [-0.3, -0.25) is 14.9 Å². The minimum atomic E-state index is -0.516. The minimum absolute atomic E-state index is 0.114. The monoisotopic (exact) mass is 353 g/mol. The van der Waals surface area contributed by atoms with E-state index in [-0.39, 0.29) is 17.2 Å². The molecule has 0 aliphatic carbocycles. The fourth-order valence-electron chi connectivity index (χ4n) is 2.73. The summed E-state index contributed by atoms with van der Waals surface area (Å²) in [5, 5.41) is 16.6. The summed E-state index contributed by atoms with van der Waals surface area (Å²) in [6, 6.07) is 12.0. The molecule has 0 spiro atoms. The number of non-ortho nitro benzene ring substituents is 1. The second-order valence-electron chi connectivity index (χ2n) is 5.80. The van der Waals surface area contributed by atoms with Crippen molar-refractivity contribution in [2.45, 2.75) is 12.8 Å². The summed E-state index contributed by atoms with van der Waals surface area (Å²) in [7, 11) is 1.67. The molecule has 0 aliphatic heterocycles. The number of nitro groups is 1. The lowest BCUT2D eigenvalue weighted by molar-refractivity contribution is -0.384. The van der Waals surface area contributed by atoms with Crippen LogP contribution in [0.1, 0.15) is 22.6 Å². The predicted octanol–water partition coefficient (Wildman–Crippen LogP) is 2.88. The van der Waals surface area contributed by atoms with Gasteiger partial charge in [0.15, 0.2) is 0 Å². The van der Waals surface area contributed by atoms with Gasteiger partial charge in [0.05, 0.1) is 21.5 Å². The van der Waals surface area contributed by atoms with Crippen LogP contribution in [-0.2, 0) is 6.42 Å². The molecule has 134 valence electrons. The molecule has 3 N–H and O–H groups in total. The van der Waals surface area contributed by atoms with E-state index in [0.29, 0.717) is 25.1 Å². The number of fused-ring (bicyclic) bond motifs is 1. The third-order valence-corrected chi connectivity index (χ3v) is 4.04. The maximum Gasteiger partial charge on any atom is 0.270 e. The van der Waals surface area contributed by atoms with Gasteiger partial charge >= 0.3 is 0 Å². The summed E-state index contributed by atoms with van der Waals surface area (Å²) in [6.45, 7) is 0.446. The largest absolute Gasteiger partial charge is 0.387 e. The zero-order valence-electron chi connectivity index (χ0n) is 14.3. The molecule has 1 heterocycles. The van der Waals surface area contributed by atoms with E-state index < -0.39 is 4.92 Å². The fraction of sp³-hybridized carbons (Fsp3) is 0.222. The number of nitrogens with one attached hydrogen (secondary N) is 3. The van der Waals surface area contributed by atoms with Crippen molar-refractivity contribution in [1.29, 1.82) is 0 Å². The van der Waals surface area contributed by atoms with Crippen molar-refractivity contribution in [3.8, 4) is 0 Å². The first-order valence-corrected chi connectivity index (χ1v) is 8.26. The van der Waals surface area contributed by atoms with Crippen molar-refractivity contribution in [3.63, 3.8) is 0 Å².